The van der Waals surface area contributed by atoms with Gasteiger partial charge in [0.15, 0.2) is 4.33 Å². The Labute approximate surface area is 161 Å². The second kappa shape index (κ2) is 6.71. The highest BCUT2D eigenvalue weighted by atomic mass is 35.5. The van der Waals surface area contributed by atoms with Crippen LogP contribution in [0.4, 0.5) is 0 Å². The van der Waals surface area contributed by atoms with E-state index in [1.54, 1.807) is 0 Å². The predicted molar refractivity (Wildman–Crippen MR) is 95.4 cm³/mol. The van der Waals surface area contributed by atoms with Gasteiger partial charge in [-0.2, -0.15) is 0 Å². The van der Waals surface area contributed by atoms with Crippen molar-refractivity contribution in [2.45, 2.75) is 4.33 Å². The molecule has 0 aliphatic rings. The molecule has 0 nitrogen and oxygen atoms in total. The topological polar surface area (TPSA) is 0 Å². The molecule has 0 aromatic heterocycles. The number of alkyl halides is 2. The summed E-state index contributed by atoms with van der Waals surface area (Å²) in [5, 5.41) is 1.59. The zero-order chi connectivity index (χ0) is 15.9. The van der Waals surface area contributed by atoms with Crippen LogP contribution >= 0.6 is 92.8 Å². The molecule has 8 heteroatoms. The van der Waals surface area contributed by atoms with Gasteiger partial charge in [0.05, 0.1) is 20.1 Å². The molecular formula is C13H4Cl8. The number of rotatable bonds is 2. The van der Waals surface area contributed by atoms with E-state index < -0.39 is 4.33 Å². The molecule has 0 radical (unpaired) electrons. The van der Waals surface area contributed by atoms with Crippen LogP contribution < -0.4 is 0 Å². The van der Waals surface area contributed by atoms with Crippen LogP contribution in [0.3, 0.4) is 0 Å². The number of hydrogen-bond donors (Lipinski definition) is 0. The summed E-state index contributed by atoms with van der Waals surface area (Å²) < 4.78 is -1.57. The molecule has 0 spiro atoms. The molecule has 0 saturated carbocycles. The Hall–Kier alpha value is 0.760. The third-order valence-electron chi connectivity index (χ3n) is 2.70. The van der Waals surface area contributed by atoms with Gasteiger partial charge < -0.3 is 0 Å². The molecular weight excluding hydrogens is 440 g/mol. The third-order valence-corrected chi connectivity index (χ3v) is 5.58. The third kappa shape index (κ3) is 3.65. The second-order valence-electron chi connectivity index (χ2n) is 4.07. The van der Waals surface area contributed by atoms with Crippen LogP contribution in [0.5, 0.6) is 0 Å². The monoisotopic (exact) mass is 440 g/mol. The molecule has 2 aromatic rings. The van der Waals surface area contributed by atoms with Crippen LogP contribution in [-0.4, -0.2) is 0 Å². The van der Waals surface area contributed by atoms with E-state index in [9.17, 15) is 0 Å². The van der Waals surface area contributed by atoms with Crippen LogP contribution in [0.2, 0.25) is 30.1 Å². The summed E-state index contributed by atoms with van der Waals surface area (Å²) >= 11 is 48.9. The van der Waals surface area contributed by atoms with Crippen molar-refractivity contribution in [3.63, 3.8) is 0 Å². The van der Waals surface area contributed by atoms with E-state index in [0.29, 0.717) is 11.1 Å². The Balaban J connectivity index is 2.67. The second-order valence-corrected chi connectivity index (χ2v) is 7.84. The van der Waals surface area contributed by atoms with Crippen molar-refractivity contribution >= 4 is 92.8 Å². The normalized spacial score (nSPS) is 11.8. The molecule has 0 atom stereocenters. The summed E-state index contributed by atoms with van der Waals surface area (Å²) in [4.78, 5) is 0. The van der Waals surface area contributed by atoms with E-state index in [4.69, 9.17) is 92.8 Å². The minimum absolute atomic E-state index is 0.247. The smallest absolute Gasteiger partial charge is 0.0908 e. The Bertz CT molecular complexity index is 648. The molecule has 0 bridgehead atoms. The van der Waals surface area contributed by atoms with E-state index in [0.717, 1.165) is 0 Å². The van der Waals surface area contributed by atoms with Gasteiger partial charge in [0.25, 0.3) is 0 Å². The van der Waals surface area contributed by atoms with Gasteiger partial charge in [-0.15, -0.1) is 0 Å². The van der Waals surface area contributed by atoms with Crippen molar-refractivity contribution < 1.29 is 0 Å². The lowest BCUT2D eigenvalue weighted by molar-refractivity contribution is 1.04. The molecule has 0 aliphatic carbocycles. The van der Waals surface area contributed by atoms with Crippen molar-refractivity contribution in [3.05, 3.63) is 65.5 Å². The minimum atomic E-state index is -1.57. The van der Waals surface area contributed by atoms with Crippen molar-refractivity contribution in [2.24, 2.45) is 0 Å². The first-order valence-electron chi connectivity index (χ1n) is 5.32. The van der Waals surface area contributed by atoms with Gasteiger partial charge in [0.2, 0.25) is 0 Å². The average Bonchev–Trinajstić information content (AvgIpc) is 2.37. The molecule has 2 rings (SSSR count). The quantitative estimate of drug-likeness (QED) is 0.323. The summed E-state index contributed by atoms with van der Waals surface area (Å²) in [6, 6.07) is 5.85. The first-order valence-corrected chi connectivity index (χ1v) is 8.34. The molecule has 0 N–H and O–H groups in total. The summed E-state index contributed by atoms with van der Waals surface area (Å²) in [5.74, 6) is 0. The Morgan fingerprint density at radius 1 is 0.476 bits per heavy atom. The van der Waals surface area contributed by atoms with Gasteiger partial charge >= 0.3 is 0 Å². The molecule has 0 saturated heterocycles. The SMILES string of the molecule is Clc1cc(Cl)c(C(Cl)(Cl)c2cc(Cl)c(Cl)cc2Cl)cc1Cl. The van der Waals surface area contributed by atoms with Gasteiger partial charge in [0, 0.05) is 21.2 Å². The van der Waals surface area contributed by atoms with E-state index >= 15 is 0 Å². The Morgan fingerprint density at radius 3 is 1.10 bits per heavy atom. The maximum Gasteiger partial charge on any atom is 0.171 e. The predicted octanol–water partition coefficient (Wildman–Crippen LogP) is 8.29. The molecule has 0 aliphatic heterocycles. The maximum atomic E-state index is 6.44. The molecule has 112 valence electrons. The van der Waals surface area contributed by atoms with Crippen molar-refractivity contribution in [2.75, 3.05) is 0 Å². The highest BCUT2D eigenvalue weighted by Gasteiger charge is 2.34. The van der Waals surface area contributed by atoms with Gasteiger partial charge in [-0.3, -0.25) is 0 Å². The Kier molecular flexibility index (Phi) is 5.78. The number of hydrogen-bond acceptors (Lipinski definition) is 0. The first-order chi connectivity index (χ1) is 9.64. The van der Waals surface area contributed by atoms with Crippen molar-refractivity contribution in [1.29, 1.82) is 0 Å². The van der Waals surface area contributed by atoms with E-state index in [1.807, 2.05) is 0 Å². The molecule has 0 amide bonds. The van der Waals surface area contributed by atoms with E-state index in [2.05, 4.69) is 0 Å². The molecule has 21 heavy (non-hydrogen) atoms. The largest absolute Gasteiger partial charge is 0.171 e. The molecule has 0 fully saturated rings. The number of benzene rings is 2. The highest BCUT2D eigenvalue weighted by molar-refractivity contribution is 6.53. The lowest BCUT2D eigenvalue weighted by atomic mass is 10.0. The van der Waals surface area contributed by atoms with Gasteiger partial charge in [0.1, 0.15) is 0 Å². The van der Waals surface area contributed by atoms with Crippen LogP contribution in [0.15, 0.2) is 24.3 Å². The highest BCUT2D eigenvalue weighted by Crippen LogP contribution is 2.49. The number of halogens is 8. The van der Waals surface area contributed by atoms with E-state index in [-0.39, 0.29) is 30.1 Å². The maximum absolute atomic E-state index is 6.44. The fourth-order valence-corrected chi connectivity index (χ4v) is 3.87. The van der Waals surface area contributed by atoms with Gasteiger partial charge in [-0.25, -0.2) is 0 Å². The molecule has 2 aromatic carbocycles. The van der Waals surface area contributed by atoms with Gasteiger partial charge in [-0.1, -0.05) is 92.8 Å². The molecule has 0 unspecified atom stereocenters. The zero-order valence-electron chi connectivity index (χ0n) is 9.83. The average molecular weight is 444 g/mol. The zero-order valence-corrected chi connectivity index (χ0v) is 15.9. The van der Waals surface area contributed by atoms with Crippen molar-refractivity contribution in [3.8, 4) is 0 Å². The summed E-state index contributed by atoms with van der Waals surface area (Å²) in [7, 11) is 0. The fraction of sp³-hybridized carbons (Fsp3) is 0.0769. The summed E-state index contributed by atoms with van der Waals surface area (Å²) in [6.45, 7) is 0. The molecule has 0 heterocycles. The van der Waals surface area contributed by atoms with Crippen LogP contribution in [0.25, 0.3) is 0 Å². The van der Waals surface area contributed by atoms with Crippen LogP contribution in [-0.2, 0) is 4.33 Å². The standard InChI is InChI=1S/C13H4Cl8/c14-7-3-11(18)9(16)1-5(7)13(20,21)6-2-10(17)12(19)4-8(6)15/h1-4H. The lowest BCUT2D eigenvalue weighted by Gasteiger charge is -2.24. The summed E-state index contributed by atoms with van der Waals surface area (Å²) in [6.07, 6.45) is 0. The minimum Gasteiger partial charge on any atom is -0.0908 e. The lowest BCUT2D eigenvalue weighted by Crippen LogP contribution is -2.14. The fourth-order valence-electron chi connectivity index (χ4n) is 1.67. The Morgan fingerprint density at radius 2 is 0.762 bits per heavy atom. The van der Waals surface area contributed by atoms with Crippen LogP contribution in [0.1, 0.15) is 11.1 Å². The van der Waals surface area contributed by atoms with Gasteiger partial charge in [-0.05, 0) is 24.3 Å². The first kappa shape index (κ1) is 18.1. The van der Waals surface area contributed by atoms with Crippen LogP contribution in [0, 0.1) is 0 Å². The van der Waals surface area contributed by atoms with Crippen molar-refractivity contribution in [1.82, 2.24) is 0 Å². The van der Waals surface area contributed by atoms with E-state index in [1.165, 1.54) is 24.3 Å². The summed E-state index contributed by atoms with van der Waals surface area (Å²) in [5.41, 5.74) is 0.671.